The second-order valence-electron chi connectivity index (χ2n) is 8.81. The first-order valence-corrected chi connectivity index (χ1v) is 11.7. The zero-order valence-corrected chi connectivity index (χ0v) is 20.3. The van der Waals surface area contributed by atoms with E-state index in [1.165, 1.54) is 0 Å². The Kier molecular flexibility index (Phi) is 8.73. The van der Waals surface area contributed by atoms with Gasteiger partial charge in [-0.1, -0.05) is 62.3 Å². The fourth-order valence-corrected chi connectivity index (χ4v) is 3.85. The van der Waals surface area contributed by atoms with Gasteiger partial charge in [-0.3, -0.25) is 4.79 Å². The number of hydrogen-bond donors (Lipinski definition) is 4. The van der Waals surface area contributed by atoms with Crippen molar-refractivity contribution in [2.24, 2.45) is 11.8 Å². The second kappa shape index (κ2) is 11.7. The molecule has 2 aromatic carbocycles. The molecule has 0 saturated carbocycles. The molecule has 180 valence electrons. The van der Waals surface area contributed by atoms with Crippen molar-refractivity contribution in [2.75, 3.05) is 13.7 Å². The number of hydrogen-bond acceptors (Lipinski definition) is 6. The number of nitrogens with zero attached hydrogens (tertiary/aromatic N) is 1. The molecule has 0 saturated heterocycles. The lowest BCUT2D eigenvalue weighted by Gasteiger charge is -2.19. The van der Waals surface area contributed by atoms with Gasteiger partial charge in [0, 0.05) is 40.8 Å². The van der Waals surface area contributed by atoms with Crippen LogP contribution >= 0.6 is 0 Å². The number of aliphatic hydroxyl groups is 1. The minimum atomic E-state index is -0.145. The first-order chi connectivity index (χ1) is 16.4. The van der Waals surface area contributed by atoms with Crippen molar-refractivity contribution in [1.82, 2.24) is 15.8 Å². The van der Waals surface area contributed by atoms with Crippen LogP contribution in [0.15, 0.2) is 59.1 Å². The van der Waals surface area contributed by atoms with Crippen molar-refractivity contribution in [1.29, 1.82) is 5.41 Å². The molecule has 0 radical (unpaired) electrons. The van der Waals surface area contributed by atoms with E-state index in [1.54, 1.807) is 12.1 Å². The highest BCUT2D eigenvalue weighted by atomic mass is 16.5. The van der Waals surface area contributed by atoms with E-state index in [9.17, 15) is 9.90 Å². The predicted octanol–water partition coefficient (Wildman–Crippen LogP) is 4.52. The monoisotopic (exact) mass is 462 g/mol. The van der Waals surface area contributed by atoms with Gasteiger partial charge in [-0.05, 0) is 37.1 Å². The summed E-state index contributed by atoms with van der Waals surface area (Å²) in [5.41, 5.74) is 4.44. The Bertz CT molecular complexity index is 1100. The number of aromatic nitrogens is 1. The van der Waals surface area contributed by atoms with Crippen LogP contribution in [-0.4, -0.2) is 41.7 Å². The van der Waals surface area contributed by atoms with E-state index in [4.69, 9.17) is 9.93 Å². The molecule has 1 aromatic heterocycles. The van der Waals surface area contributed by atoms with E-state index >= 15 is 0 Å². The van der Waals surface area contributed by atoms with Crippen LogP contribution in [0.3, 0.4) is 0 Å². The van der Waals surface area contributed by atoms with Crippen LogP contribution in [-0.2, 0) is 6.42 Å². The molecule has 3 rings (SSSR count). The highest BCUT2D eigenvalue weighted by Crippen LogP contribution is 2.27. The number of carbonyl (C=O) groups excluding carboxylic acids is 1. The molecule has 0 aliphatic carbocycles. The van der Waals surface area contributed by atoms with E-state index in [1.807, 2.05) is 70.3 Å². The van der Waals surface area contributed by atoms with Gasteiger partial charge in [-0.15, -0.1) is 0 Å². The molecule has 7 nitrogen and oxygen atoms in total. The normalized spacial score (nSPS) is 13.0. The fraction of sp³-hybridized carbons (Fsp3) is 0.370. The molecular formula is C27H34N4O3. The lowest BCUT2D eigenvalue weighted by Crippen LogP contribution is -2.43. The molecule has 1 heterocycles. The first-order valence-electron chi connectivity index (χ1n) is 11.7. The van der Waals surface area contributed by atoms with Crippen molar-refractivity contribution in [3.8, 4) is 22.6 Å². The number of benzene rings is 2. The van der Waals surface area contributed by atoms with Crippen LogP contribution in [0.4, 0.5) is 0 Å². The van der Waals surface area contributed by atoms with Gasteiger partial charge in [0.2, 0.25) is 0 Å². The lowest BCUT2D eigenvalue weighted by molar-refractivity contribution is 0.0930. The number of aliphatic hydroxyl groups excluding tert-OH is 1. The molecule has 0 aliphatic rings. The fourth-order valence-electron chi connectivity index (χ4n) is 3.85. The maximum atomic E-state index is 12.6. The van der Waals surface area contributed by atoms with Crippen LogP contribution in [0.1, 0.15) is 43.1 Å². The standard InChI is InChI=1S/C27H34N4O3/c1-5-26(29-4)30-27(33)21-8-6-7-20(14-21)24-15-25(34-31-24)19-11-9-18(10-12-19)13-23(28)22(16-32)17(2)3/h6-12,14-15,17,22,26,28-29,32H,5,13,16H2,1-4H3,(H,30,33)/t22-,26+/m0/s1. The quantitative estimate of drug-likeness (QED) is 0.247. The average Bonchev–Trinajstić information content (AvgIpc) is 3.33. The Morgan fingerprint density at radius 2 is 1.85 bits per heavy atom. The van der Waals surface area contributed by atoms with Crippen LogP contribution in [0.5, 0.6) is 0 Å². The Balaban J connectivity index is 1.72. The second-order valence-corrected chi connectivity index (χ2v) is 8.81. The van der Waals surface area contributed by atoms with Gasteiger partial charge in [0.25, 0.3) is 5.91 Å². The summed E-state index contributed by atoms with van der Waals surface area (Å²) in [6.07, 6.45) is 1.21. The van der Waals surface area contributed by atoms with Crippen molar-refractivity contribution in [3.05, 3.63) is 65.7 Å². The number of nitrogens with one attached hydrogen (secondary N) is 3. The maximum Gasteiger partial charge on any atom is 0.252 e. The summed E-state index contributed by atoms with van der Waals surface area (Å²) in [6, 6.07) is 17.0. The van der Waals surface area contributed by atoms with Crippen LogP contribution in [0, 0.1) is 17.2 Å². The van der Waals surface area contributed by atoms with Crippen molar-refractivity contribution >= 4 is 11.6 Å². The molecule has 34 heavy (non-hydrogen) atoms. The van der Waals surface area contributed by atoms with Crippen LogP contribution in [0.25, 0.3) is 22.6 Å². The SMILES string of the molecule is CC[C@H](NC)NC(=O)c1cccc(-c2cc(-c3ccc(CC(=N)[C@@H](CO)C(C)C)cc3)on2)c1. The minimum absolute atomic E-state index is 0.00698. The molecule has 1 amide bonds. The van der Waals surface area contributed by atoms with E-state index in [0.29, 0.717) is 29.2 Å². The van der Waals surface area contributed by atoms with Gasteiger partial charge in [-0.2, -0.15) is 0 Å². The maximum absolute atomic E-state index is 12.6. The van der Waals surface area contributed by atoms with Gasteiger partial charge in [0.05, 0.1) is 12.8 Å². The molecule has 3 aromatic rings. The topological polar surface area (TPSA) is 111 Å². The Morgan fingerprint density at radius 3 is 2.47 bits per heavy atom. The van der Waals surface area contributed by atoms with Gasteiger partial charge < -0.3 is 25.7 Å². The molecule has 0 fully saturated rings. The molecule has 7 heteroatoms. The Morgan fingerprint density at radius 1 is 1.12 bits per heavy atom. The first kappa shape index (κ1) is 25.3. The third-order valence-corrected chi connectivity index (χ3v) is 6.07. The number of carbonyl (C=O) groups is 1. The van der Waals surface area contributed by atoms with Gasteiger partial charge in [0.1, 0.15) is 5.69 Å². The van der Waals surface area contributed by atoms with Gasteiger partial charge in [-0.25, -0.2) is 0 Å². The Labute approximate surface area is 201 Å². The zero-order chi connectivity index (χ0) is 24.7. The van der Waals surface area contributed by atoms with Crippen LogP contribution < -0.4 is 10.6 Å². The summed E-state index contributed by atoms with van der Waals surface area (Å²) in [5.74, 6) is 0.586. The molecule has 0 spiro atoms. The van der Waals surface area contributed by atoms with Crippen molar-refractivity contribution in [3.63, 3.8) is 0 Å². The molecule has 0 aliphatic heterocycles. The predicted molar refractivity (Wildman–Crippen MR) is 135 cm³/mol. The van der Waals surface area contributed by atoms with E-state index < -0.39 is 0 Å². The smallest absolute Gasteiger partial charge is 0.252 e. The Hall–Kier alpha value is -3.29. The van der Waals surface area contributed by atoms with E-state index in [0.717, 1.165) is 23.1 Å². The van der Waals surface area contributed by atoms with E-state index in [2.05, 4.69) is 15.8 Å². The number of amides is 1. The third-order valence-electron chi connectivity index (χ3n) is 6.07. The largest absolute Gasteiger partial charge is 0.396 e. The molecule has 0 bridgehead atoms. The molecular weight excluding hydrogens is 428 g/mol. The number of rotatable bonds is 11. The zero-order valence-electron chi connectivity index (χ0n) is 20.3. The minimum Gasteiger partial charge on any atom is -0.396 e. The molecule has 0 unspecified atom stereocenters. The highest BCUT2D eigenvalue weighted by Gasteiger charge is 2.18. The summed E-state index contributed by atoms with van der Waals surface area (Å²) in [7, 11) is 1.82. The molecule has 4 N–H and O–H groups in total. The van der Waals surface area contributed by atoms with Crippen LogP contribution in [0.2, 0.25) is 0 Å². The summed E-state index contributed by atoms with van der Waals surface area (Å²) in [5, 5.41) is 28.1. The van der Waals surface area contributed by atoms with Gasteiger partial charge >= 0.3 is 0 Å². The highest BCUT2D eigenvalue weighted by molar-refractivity contribution is 5.95. The summed E-state index contributed by atoms with van der Waals surface area (Å²) >= 11 is 0. The lowest BCUT2D eigenvalue weighted by atomic mass is 9.88. The summed E-state index contributed by atoms with van der Waals surface area (Å²) < 4.78 is 5.58. The summed E-state index contributed by atoms with van der Waals surface area (Å²) in [6.45, 7) is 6.04. The van der Waals surface area contributed by atoms with Crippen molar-refractivity contribution in [2.45, 2.75) is 39.8 Å². The molecule has 2 atom stereocenters. The third kappa shape index (κ3) is 6.18. The average molecular weight is 463 g/mol. The summed E-state index contributed by atoms with van der Waals surface area (Å²) in [4.78, 5) is 12.6. The van der Waals surface area contributed by atoms with Gasteiger partial charge in [0.15, 0.2) is 5.76 Å². The van der Waals surface area contributed by atoms with Crippen molar-refractivity contribution < 1.29 is 14.4 Å². The van der Waals surface area contributed by atoms with E-state index in [-0.39, 0.29) is 30.5 Å².